The van der Waals surface area contributed by atoms with Crippen LogP contribution in [0.2, 0.25) is 5.02 Å². The average molecular weight is 253 g/mol. The maximum Gasteiger partial charge on any atom is 0.187 e. The van der Waals surface area contributed by atoms with Crippen LogP contribution in [0.3, 0.4) is 0 Å². The van der Waals surface area contributed by atoms with Crippen molar-refractivity contribution in [1.29, 1.82) is 0 Å². The second kappa shape index (κ2) is 4.67. The van der Waals surface area contributed by atoms with Crippen LogP contribution >= 0.6 is 11.6 Å². The minimum absolute atomic E-state index is 0.0808. The van der Waals surface area contributed by atoms with E-state index < -0.39 is 5.82 Å². The highest BCUT2D eigenvalue weighted by molar-refractivity contribution is 6.31. The molecule has 88 valence electrons. The minimum atomic E-state index is -0.471. The van der Waals surface area contributed by atoms with E-state index in [-0.39, 0.29) is 22.8 Å². The zero-order chi connectivity index (χ0) is 12.4. The van der Waals surface area contributed by atoms with Gasteiger partial charge in [0.05, 0.1) is 0 Å². The molecule has 0 N–H and O–H groups in total. The predicted molar refractivity (Wildman–Crippen MR) is 62.7 cm³/mol. The first-order chi connectivity index (χ1) is 8.08. The quantitative estimate of drug-likeness (QED) is 0.787. The van der Waals surface area contributed by atoms with Crippen LogP contribution in [-0.2, 0) is 13.5 Å². The molecular weight excluding hydrogens is 243 g/mol. The first-order valence-electron chi connectivity index (χ1n) is 5.03. The van der Waals surface area contributed by atoms with Gasteiger partial charge in [-0.25, -0.2) is 4.39 Å². The molecule has 0 aliphatic heterocycles. The Morgan fingerprint density at radius 1 is 1.47 bits per heavy atom. The van der Waals surface area contributed by atoms with Crippen molar-refractivity contribution in [1.82, 2.24) is 9.78 Å². The lowest BCUT2D eigenvalue weighted by molar-refractivity contribution is 0.0986. The summed E-state index contributed by atoms with van der Waals surface area (Å²) in [4.78, 5) is 11.8. The number of aromatic nitrogens is 2. The number of nitrogens with zero attached hydrogens (tertiary/aromatic N) is 2. The molecule has 0 spiro atoms. The number of carbonyl (C=O) groups is 1. The number of benzene rings is 1. The molecule has 0 radical (unpaired) electrons. The van der Waals surface area contributed by atoms with Gasteiger partial charge in [0.2, 0.25) is 0 Å². The number of ketones is 1. The van der Waals surface area contributed by atoms with Gasteiger partial charge >= 0.3 is 0 Å². The van der Waals surface area contributed by atoms with E-state index in [1.54, 1.807) is 25.4 Å². The Morgan fingerprint density at radius 3 is 2.82 bits per heavy atom. The summed E-state index contributed by atoms with van der Waals surface area (Å²) in [7, 11) is 1.72. The van der Waals surface area contributed by atoms with Crippen molar-refractivity contribution in [3.8, 4) is 0 Å². The fourth-order valence-corrected chi connectivity index (χ4v) is 1.75. The molecule has 1 aromatic heterocycles. The Labute approximate surface area is 103 Å². The molecule has 0 bridgehead atoms. The number of carbonyl (C=O) groups excluding carboxylic acids is 1. The first kappa shape index (κ1) is 11.8. The smallest absolute Gasteiger partial charge is 0.187 e. The topological polar surface area (TPSA) is 34.9 Å². The van der Waals surface area contributed by atoms with Crippen molar-refractivity contribution in [2.45, 2.75) is 6.42 Å². The van der Waals surface area contributed by atoms with Gasteiger partial charge in [-0.05, 0) is 18.2 Å². The fourth-order valence-electron chi connectivity index (χ4n) is 1.52. The van der Waals surface area contributed by atoms with Gasteiger partial charge < -0.3 is 0 Å². The number of Topliss-reactive ketones (excluding diaryl/α,β-unsaturated/α-hetero) is 1. The highest BCUT2D eigenvalue weighted by atomic mass is 35.5. The van der Waals surface area contributed by atoms with E-state index in [1.807, 2.05) is 0 Å². The largest absolute Gasteiger partial charge is 0.292 e. The SMILES string of the molecule is Cn1ccc(C(=O)Cc2c(F)cccc2Cl)n1. The molecule has 5 heteroatoms. The third kappa shape index (κ3) is 2.53. The minimum Gasteiger partial charge on any atom is -0.292 e. The van der Waals surface area contributed by atoms with Gasteiger partial charge in [-0.1, -0.05) is 17.7 Å². The van der Waals surface area contributed by atoms with Gasteiger partial charge in [-0.3, -0.25) is 9.48 Å². The summed E-state index contributed by atoms with van der Waals surface area (Å²) in [6.45, 7) is 0. The number of hydrogen-bond acceptors (Lipinski definition) is 2. The zero-order valence-corrected chi connectivity index (χ0v) is 9.91. The van der Waals surface area contributed by atoms with Gasteiger partial charge in [0.25, 0.3) is 0 Å². The van der Waals surface area contributed by atoms with Gasteiger partial charge in [-0.2, -0.15) is 5.10 Å². The third-order valence-electron chi connectivity index (χ3n) is 2.40. The van der Waals surface area contributed by atoms with E-state index in [9.17, 15) is 9.18 Å². The summed E-state index contributed by atoms with van der Waals surface area (Å²) in [5.41, 5.74) is 0.525. The monoisotopic (exact) mass is 252 g/mol. The molecule has 0 saturated carbocycles. The van der Waals surface area contributed by atoms with Crippen molar-refractivity contribution in [2.24, 2.45) is 7.05 Å². The lowest BCUT2D eigenvalue weighted by Gasteiger charge is -2.03. The summed E-state index contributed by atoms with van der Waals surface area (Å²) in [6.07, 6.45) is 1.58. The van der Waals surface area contributed by atoms with Crippen LogP contribution in [0.25, 0.3) is 0 Å². The molecule has 2 aromatic rings. The van der Waals surface area contributed by atoms with Gasteiger partial charge in [0, 0.05) is 30.3 Å². The van der Waals surface area contributed by atoms with Crippen LogP contribution < -0.4 is 0 Å². The molecule has 0 unspecified atom stereocenters. The van der Waals surface area contributed by atoms with E-state index in [4.69, 9.17) is 11.6 Å². The van der Waals surface area contributed by atoms with Gasteiger partial charge in [0.1, 0.15) is 11.5 Å². The lowest BCUT2D eigenvalue weighted by Crippen LogP contribution is -2.07. The lowest BCUT2D eigenvalue weighted by atomic mass is 10.1. The predicted octanol–water partition coefficient (Wildman–Crippen LogP) is 2.64. The first-order valence-corrected chi connectivity index (χ1v) is 5.41. The molecule has 1 aromatic carbocycles. The zero-order valence-electron chi connectivity index (χ0n) is 9.15. The fraction of sp³-hybridized carbons (Fsp3) is 0.167. The molecule has 0 amide bonds. The Morgan fingerprint density at radius 2 is 2.24 bits per heavy atom. The molecule has 0 aliphatic carbocycles. The summed E-state index contributed by atoms with van der Waals surface area (Å²) in [6, 6.07) is 5.95. The second-order valence-corrected chi connectivity index (χ2v) is 4.08. The molecule has 1 heterocycles. The van der Waals surface area contributed by atoms with Crippen LogP contribution in [0.15, 0.2) is 30.5 Å². The van der Waals surface area contributed by atoms with Crippen molar-refractivity contribution >= 4 is 17.4 Å². The summed E-state index contributed by atoms with van der Waals surface area (Å²) in [5.74, 6) is -0.723. The molecule has 2 rings (SSSR count). The van der Waals surface area contributed by atoms with Gasteiger partial charge in [0.15, 0.2) is 5.78 Å². The van der Waals surface area contributed by atoms with Crippen LogP contribution in [0.5, 0.6) is 0 Å². The molecule has 0 aliphatic rings. The summed E-state index contributed by atoms with van der Waals surface area (Å²) < 4.78 is 15.0. The third-order valence-corrected chi connectivity index (χ3v) is 2.75. The highest BCUT2D eigenvalue weighted by Crippen LogP contribution is 2.20. The highest BCUT2D eigenvalue weighted by Gasteiger charge is 2.15. The Bertz CT molecular complexity index is 545. The molecule has 0 saturated heterocycles. The maximum absolute atomic E-state index is 13.5. The van der Waals surface area contributed by atoms with Crippen LogP contribution in [0, 0.1) is 5.82 Å². The Balaban J connectivity index is 2.24. The summed E-state index contributed by atoms with van der Waals surface area (Å²) in [5, 5.41) is 4.23. The van der Waals surface area contributed by atoms with E-state index in [2.05, 4.69) is 5.10 Å². The van der Waals surface area contributed by atoms with E-state index >= 15 is 0 Å². The second-order valence-electron chi connectivity index (χ2n) is 3.67. The summed E-state index contributed by atoms with van der Waals surface area (Å²) >= 11 is 5.85. The average Bonchev–Trinajstić information content (AvgIpc) is 2.70. The molecule has 0 atom stereocenters. The molecule has 0 fully saturated rings. The van der Waals surface area contributed by atoms with Crippen LogP contribution in [0.1, 0.15) is 16.1 Å². The van der Waals surface area contributed by atoms with Gasteiger partial charge in [-0.15, -0.1) is 0 Å². The molecule has 17 heavy (non-hydrogen) atoms. The Kier molecular flexibility index (Phi) is 3.24. The van der Waals surface area contributed by atoms with E-state index in [1.165, 1.54) is 16.8 Å². The molecular formula is C12H10ClFN2O. The number of rotatable bonds is 3. The standard InChI is InChI=1S/C12H10ClFN2O/c1-16-6-5-11(15-16)12(17)7-8-9(13)3-2-4-10(8)14/h2-6H,7H2,1H3. The van der Waals surface area contributed by atoms with Crippen LogP contribution in [0.4, 0.5) is 4.39 Å². The maximum atomic E-state index is 13.5. The number of hydrogen-bond donors (Lipinski definition) is 0. The van der Waals surface area contributed by atoms with Crippen molar-refractivity contribution in [2.75, 3.05) is 0 Å². The van der Waals surface area contributed by atoms with Crippen molar-refractivity contribution in [3.05, 3.63) is 52.6 Å². The van der Waals surface area contributed by atoms with Crippen LogP contribution in [-0.4, -0.2) is 15.6 Å². The van der Waals surface area contributed by atoms with Crippen molar-refractivity contribution in [3.63, 3.8) is 0 Å². The number of aryl methyl sites for hydroxylation is 1. The van der Waals surface area contributed by atoms with Crippen molar-refractivity contribution < 1.29 is 9.18 Å². The normalized spacial score (nSPS) is 10.5. The Hall–Kier alpha value is -1.68. The number of halogens is 2. The van der Waals surface area contributed by atoms with E-state index in [0.717, 1.165) is 0 Å². The molecule has 3 nitrogen and oxygen atoms in total. The van der Waals surface area contributed by atoms with E-state index in [0.29, 0.717) is 5.69 Å².